The van der Waals surface area contributed by atoms with Crippen LogP contribution in [-0.2, 0) is 34.5 Å². The molecule has 2 aromatic rings. The van der Waals surface area contributed by atoms with Crippen LogP contribution in [0.3, 0.4) is 0 Å². The fraction of sp³-hybridized carbons (Fsp3) is 0.500. The summed E-state index contributed by atoms with van der Waals surface area (Å²) in [6.45, 7) is 4.71. The molecule has 0 saturated carbocycles. The van der Waals surface area contributed by atoms with E-state index in [9.17, 15) is 9.59 Å². The number of furan rings is 1. The maximum Gasteiger partial charge on any atom is 0.249 e. The zero-order valence-corrected chi connectivity index (χ0v) is 16.6. The van der Waals surface area contributed by atoms with Crippen LogP contribution in [0.2, 0.25) is 0 Å². The molecule has 0 radical (unpaired) electrons. The number of ether oxygens (including phenoxy) is 1. The summed E-state index contributed by atoms with van der Waals surface area (Å²) < 4.78 is 12.4. The Balaban J connectivity index is 2.17. The van der Waals surface area contributed by atoms with E-state index in [-0.39, 0.29) is 31.0 Å². The zero-order chi connectivity index (χ0) is 19.8. The van der Waals surface area contributed by atoms with E-state index >= 15 is 0 Å². The van der Waals surface area contributed by atoms with Gasteiger partial charge in [0.2, 0.25) is 11.8 Å². The lowest BCUT2D eigenvalue weighted by Crippen LogP contribution is -2.47. The van der Waals surface area contributed by atoms with Crippen molar-refractivity contribution < 1.29 is 18.7 Å². The van der Waals surface area contributed by atoms with Crippen molar-refractivity contribution in [3.63, 3.8) is 0 Å². The van der Waals surface area contributed by atoms with Crippen molar-refractivity contribution in [2.45, 2.75) is 39.4 Å². The van der Waals surface area contributed by atoms with E-state index < -0.39 is 0 Å². The number of aryl methyl sites for hydroxylation is 1. The summed E-state index contributed by atoms with van der Waals surface area (Å²) in [7, 11) is 3.42. The molecule has 7 heteroatoms. The smallest absolute Gasteiger partial charge is 0.249 e. The third-order valence-electron chi connectivity index (χ3n) is 4.70. The van der Waals surface area contributed by atoms with E-state index in [1.165, 1.54) is 7.11 Å². The molecule has 7 nitrogen and oxygen atoms in total. The van der Waals surface area contributed by atoms with Crippen LogP contribution < -0.4 is 0 Å². The van der Waals surface area contributed by atoms with Gasteiger partial charge in [0, 0.05) is 32.1 Å². The number of rotatable bonds is 10. The minimum atomic E-state index is -0.183. The Morgan fingerprint density at radius 2 is 2.00 bits per heavy atom. The molecule has 0 aliphatic carbocycles. The van der Waals surface area contributed by atoms with Gasteiger partial charge < -0.3 is 23.5 Å². The fourth-order valence-corrected chi connectivity index (χ4v) is 2.84. The van der Waals surface area contributed by atoms with Crippen molar-refractivity contribution in [1.29, 1.82) is 0 Å². The highest BCUT2D eigenvalue weighted by Crippen LogP contribution is 2.13. The van der Waals surface area contributed by atoms with Crippen molar-refractivity contribution in [3.05, 3.63) is 48.2 Å². The summed E-state index contributed by atoms with van der Waals surface area (Å²) in [5, 5.41) is 0. The lowest BCUT2D eigenvalue weighted by atomic mass is 10.2. The maximum absolute atomic E-state index is 13.1. The van der Waals surface area contributed by atoms with Gasteiger partial charge in [0.05, 0.1) is 19.4 Å². The minimum absolute atomic E-state index is 0.0162. The number of methoxy groups -OCH3 is 1. The maximum atomic E-state index is 13.1. The van der Waals surface area contributed by atoms with E-state index in [4.69, 9.17) is 9.15 Å². The normalized spacial score (nSPS) is 12.0. The highest BCUT2D eigenvalue weighted by molar-refractivity contribution is 5.85. The Morgan fingerprint density at radius 3 is 2.56 bits per heavy atom. The molecule has 148 valence electrons. The number of hydrogen-bond donors (Lipinski definition) is 0. The highest BCUT2D eigenvalue weighted by Gasteiger charge is 2.25. The first kappa shape index (κ1) is 20.8. The number of carbonyl (C=O) groups is 2. The first-order valence-electron chi connectivity index (χ1n) is 9.15. The molecule has 2 rings (SSSR count). The monoisotopic (exact) mass is 375 g/mol. The number of amides is 2. The van der Waals surface area contributed by atoms with Crippen molar-refractivity contribution in [3.8, 4) is 0 Å². The molecular formula is C20H29N3O4. The van der Waals surface area contributed by atoms with Crippen molar-refractivity contribution >= 4 is 11.8 Å². The Kier molecular flexibility index (Phi) is 7.67. The van der Waals surface area contributed by atoms with Gasteiger partial charge in [0.25, 0.3) is 0 Å². The summed E-state index contributed by atoms with van der Waals surface area (Å²) >= 11 is 0. The van der Waals surface area contributed by atoms with Crippen LogP contribution in [0.25, 0.3) is 0 Å². The number of nitrogens with zero attached hydrogens (tertiary/aromatic N) is 3. The first-order valence-corrected chi connectivity index (χ1v) is 9.15. The van der Waals surface area contributed by atoms with Crippen LogP contribution in [-0.4, -0.2) is 52.5 Å². The molecule has 0 N–H and O–H groups in total. The van der Waals surface area contributed by atoms with Crippen molar-refractivity contribution in [2.24, 2.45) is 7.05 Å². The van der Waals surface area contributed by atoms with Crippen LogP contribution in [0.1, 0.15) is 31.7 Å². The fourth-order valence-electron chi connectivity index (χ4n) is 2.84. The van der Waals surface area contributed by atoms with Crippen LogP contribution in [0.4, 0.5) is 0 Å². The topological polar surface area (TPSA) is 67.9 Å². The molecule has 0 aromatic carbocycles. The van der Waals surface area contributed by atoms with Gasteiger partial charge in [0.1, 0.15) is 18.9 Å². The number of hydrogen-bond acceptors (Lipinski definition) is 4. The molecule has 0 fully saturated rings. The Labute approximate surface area is 160 Å². The molecule has 2 heterocycles. The van der Waals surface area contributed by atoms with Gasteiger partial charge in [-0.15, -0.1) is 0 Å². The van der Waals surface area contributed by atoms with Gasteiger partial charge in [-0.25, -0.2) is 0 Å². The predicted molar refractivity (Wildman–Crippen MR) is 102 cm³/mol. The number of aromatic nitrogens is 1. The molecule has 27 heavy (non-hydrogen) atoms. The third kappa shape index (κ3) is 5.72. The van der Waals surface area contributed by atoms with Gasteiger partial charge in [0.15, 0.2) is 0 Å². The summed E-state index contributed by atoms with van der Waals surface area (Å²) in [5.41, 5.74) is 1.01. The SMILES string of the molecule is CCC(C)N(CC(=O)N(Cc1ccco1)Cc1cccn1C)C(=O)COC. The van der Waals surface area contributed by atoms with E-state index in [0.29, 0.717) is 18.8 Å². The molecule has 0 aliphatic heterocycles. The van der Waals surface area contributed by atoms with E-state index in [1.54, 1.807) is 22.1 Å². The first-order chi connectivity index (χ1) is 13.0. The van der Waals surface area contributed by atoms with Crippen LogP contribution in [0, 0.1) is 0 Å². The number of carbonyl (C=O) groups excluding carboxylic acids is 2. The minimum Gasteiger partial charge on any atom is -0.467 e. The lowest BCUT2D eigenvalue weighted by molar-refractivity contribution is -0.145. The average Bonchev–Trinajstić information content (AvgIpc) is 3.30. The molecule has 0 saturated heterocycles. The zero-order valence-electron chi connectivity index (χ0n) is 16.6. The van der Waals surface area contributed by atoms with Gasteiger partial charge >= 0.3 is 0 Å². The molecule has 2 amide bonds. The van der Waals surface area contributed by atoms with Gasteiger partial charge in [-0.3, -0.25) is 9.59 Å². The molecule has 0 spiro atoms. The Morgan fingerprint density at radius 1 is 1.22 bits per heavy atom. The second-order valence-corrected chi connectivity index (χ2v) is 6.65. The third-order valence-corrected chi connectivity index (χ3v) is 4.70. The van der Waals surface area contributed by atoms with E-state index in [2.05, 4.69) is 0 Å². The van der Waals surface area contributed by atoms with Crippen LogP contribution in [0.15, 0.2) is 41.1 Å². The largest absolute Gasteiger partial charge is 0.467 e. The summed E-state index contributed by atoms with van der Waals surface area (Å²) in [4.78, 5) is 28.8. The molecule has 1 unspecified atom stereocenters. The average molecular weight is 375 g/mol. The molecule has 1 atom stereocenters. The second kappa shape index (κ2) is 9.97. The second-order valence-electron chi connectivity index (χ2n) is 6.65. The standard InChI is InChI=1S/C20H29N3O4/c1-5-16(2)23(20(25)15-26-4)14-19(24)22(13-18-9-7-11-27-18)12-17-8-6-10-21(17)3/h6-11,16H,5,12-15H2,1-4H3. The quantitative estimate of drug-likeness (QED) is 0.640. The van der Waals surface area contributed by atoms with Crippen LogP contribution >= 0.6 is 0 Å². The van der Waals surface area contributed by atoms with Crippen LogP contribution in [0.5, 0.6) is 0 Å². The molecular weight excluding hydrogens is 346 g/mol. The van der Waals surface area contributed by atoms with E-state index in [0.717, 1.165) is 12.1 Å². The van der Waals surface area contributed by atoms with Gasteiger partial charge in [-0.2, -0.15) is 0 Å². The van der Waals surface area contributed by atoms with Gasteiger partial charge in [-0.05, 0) is 37.6 Å². The summed E-state index contributed by atoms with van der Waals surface area (Å²) in [5.74, 6) is 0.394. The van der Waals surface area contributed by atoms with Crippen molar-refractivity contribution in [2.75, 3.05) is 20.3 Å². The lowest BCUT2D eigenvalue weighted by Gasteiger charge is -2.31. The predicted octanol–water partition coefficient (Wildman–Crippen LogP) is 2.42. The Hall–Kier alpha value is -2.54. The van der Waals surface area contributed by atoms with E-state index in [1.807, 2.05) is 49.9 Å². The molecule has 0 bridgehead atoms. The van der Waals surface area contributed by atoms with Crippen molar-refractivity contribution in [1.82, 2.24) is 14.4 Å². The summed E-state index contributed by atoms with van der Waals surface area (Å²) in [6.07, 6.45) is 4.30. The Bertz CT molecular complexity index is 723. The highest BCUT2D eigenvalue weighted by atomic mass is 16.5. The van der Waals surface area contributed by atoms with Gasteiger partial charge in [-0.1, -0.05) is 6.92 Å². The molecule has 0 aliphatic rings. The summed E-state index contributed by atoms with van der Waals surface area (Å²) in [6, 6.07) is 7.52. The molecule has 2 aromatic heterocycles.